The first-order chi connectivity index (χ1) is 14.9. The molecule has 2 saturated heterocycles. The zero-order chi connectivity index (χ0) is 21.8. The molecule has 8 heteroatoms. The summed E-state index contributed by atoms with van der Waals surface area (Å²) in [5, 5.41) is 13.5. The highest BCUT2D eigenvalue weighted by molar-refractivity contribution is 6.30. The maximum Gasteiger partial charge on any atom is 0.310 e. The van der Waals surface area contributed by atoms with Gasteiger partial charge in [-0.1, -0.05) is 55.1 Å². The summed E-state index contributed by atoms with van der Waals surface area (Å²) in [7, 11) is 0. The minimum atomic E-state index is -1.24. The highest BCUT2D eigenvalue weighted by Crippen LogP contribution is 2.55. The second-order valence-electron chi connectivity index (χ2n) is 8.98. The monoisotopic (exact) mass is 444 g/mol. The van der Waals surface area contributed by atoms with Crippen LogP contribution in [0.1, 0.15) is 37.7 Å². The van der Waals surface area contributed by atoms with Crippen LogP contribution in [0.3, 0.4) is 0 Å². The van der Waals surface area contributed by atoms with Gasteiger partial charge >= 0.3 is 5.97 Å². The number of carboxylic acid groups (broad SMARTS) is 1. The molecule has 5 unspecified atom stereocenters. The minimum Gasteiger partial charge on any atom is -0.481 e. The van der Waals surface area contributed by atoms with Crippen LogP contribution < -0.4 is 5.32 Å². The maximum absolute atomic E-state index is 13.5. The van der Waals surface area contributed by atoms with E-state index in [1.54, 1.807) is 36.4 Å². The number of likely N-dealkylation sites (tertiary alicyclic amines) is 1. The van der Waals surface area contributed by atoms with Crippen LogP contribution in [0.4, 0.5) is 0 Å². The fourth-order valence-corrected chi connectivity index (χ4v) is 5.86. The number of halogens is 1. The van der Waals surface area contributed by atoms with Crippen molar-refractivity contribution < 1.29 is 24.2 Å². The molecule has 5 rings (SSSR count). The number of fused-ring (bicyclic) bond motifs is 1. The van der Waals surface area contributed by atoms with Crippen molar-refractivity contribution in [3.63, 3.8) is 0 Å². The van der Waals surface area contributed by atoms with E-state index in [4.69, 9.17) is 16.3 Å². The largest absolute Gasteiger partial charge is 0.481 e. The third-order valence-electron chi connectivity index (χ3n) is 7.13. The van der Waals surface area contributed by atoms with Gasteiger partial charge in [0.2, 0.25) is 11.8 Å². The Morgan fingerprint density at radius 2 is 1.90 bits per heavy atom. The predicted molar refractivity (Wildman–Crippen MR) is 112 cm³/mol. The normalized spacial score (nSPS) is 34.2. The molecule has 5 atom stereocenters. The summed E-state index contributed by atoms with van der Waals surface area (Å²) in [6.45, 7) is 0.186. The molecule has 0 aromatic heterocycles. The van der Waals surface area contributed by atoms with E-state index in [0.717, 1.165) is 37.7 Å². The summed E-state index contributed by atoms with van der Waals surface area (Å²) in [6.07, 6.45) is 7.87. The lowest BCUT2D eigenvalue weighted by Crippen LogP contribution is -2.56. The molecule has 7 nitrogen and oxygen atoms in total. The van der Waals surface area contributed by atoms with Crippen molar-refractivity contribution >= 4 is 29.4 Å². The Kier molecular flexibility index (Phi) is 5.06. The molecule has 0 radical (unpaired) electrons. The number of benzene rings is 1. The Labute approximate surface area is 185 Å². The molecule has 31 heavy (non-hydrogen) atoms. The molecule has 2 bridgehead atoms. The molecule has 164 valence electrons. The summed E-state index contributed by atoms with van der Waals surface area (Å²) < 4.78 is 6.10. The molecule has 2 N–H and O–H groups in total. The van der Waals surface area contributed by atoms with Gasteiger partial charge in [0.15, 0.2) is 0 Å². The van der Waals surface area contributed by atoms with Gasteiger partial charge in [0.1, 0.15) is 17.6 Å². The van der Waals surface area contributed by atoms with Gasteiger partial charge in [0.05, 0.1) is 12.0 Å². The van der Waals surface area contributed by atoms with E-state index in [9.17, 15) is 19.5 Å². The number of ether oxygens (including phenoxy) is 1. The van der Waals surface area contributed by atoms with Crippen LogP contribution in [0.5, 0.6) is 0 Å². The average molecular weight is 445 g/mol. The van der Waals surface area contributed by atoms with Gasteiger partial charge in [-0.05, 0) is 30.5 Å². The van der Waals surface area contributed by atoms with Gasteiger partial charge in [0.25, 0.3) is 0 Å². The van der Waals surface area contributed by atoms with Crippen LogP contribution in [0.2, 0.25) is 5.02 Å². The first-order valence-electron chi connectivity index (χ1n) is 10.9. The number of amides is 2. The molecule has 2 amide bonds. The molecule has 1 aromatic rings. The number of hydrogen-bond donors (Lipinski definition) is 2. The predicted octanol–water partition coefficient (Wildman–Crippen LogP) is 2.52. The van der Waals surface area contributed by atoms with E-state index in [1.807, 2.05) is 0 Å². The smallest absolute Gasteiger partial charge is 0.310 e. The highest BCUT2D eigenvalue weighted by Gasteiger charge is 2.73. The number of rotatable bonds is 5. The lowest BCUT2D eigenvalue weighted by atomic mass is 9.74. The molecule has 3 fully saturated rings. The number of carbonyl (C=O) groups excluding carboxylic acids is 2. The van der Waals surface area contributed by atoms with E-state index in [2.05, 4.69) is 5.32 Å². The lowest BCUT2D eigenvalue weighted by Gasteiger charge is -2.34. The Hall–Kier alpha value is -2.38. The van der Waals surface area contributed by atoms with Crippen LogP contribution >= 0.6 is 11.6 Å². The van der Waals surface area contributed by atoms with Crippen LogP contribution in [0.15, 0.2) is 36.4 Å². The quantitative estimate of drug-likeness (QED) is 0.680. The summed E-state index contributed by atoms with van der Waals surface area (Å²) in [6, 6.07) is 6.24. The van der Waals surface area contributed by atoms with Gasteiger partial charge in [-0.3, -0.25) is 14.4 Å². The van der Waals surface area contributed by atoms with Gasteiger partial charge in [-0.25, -0.2) is 0 Å². The van der Waals surface area contributed by atoms with Crippen molar-refractivity contribution in [2.45, 2.75) is 62.4 Å². The molecule has 3 heterocycles. The topological polar surface area (TPSA) is 95.9 Å². The molecule has 3 aliphatic heterocycles. The van der Waals surface area contributed by atoms with Crippen LogP contribution in [0, 0.1) is 11.8 Å². The summed E-state index contributed by atoms with van der Waals surface area (Å²) in [4.78, 5) is 40.5. The fourth-order valence-electron chi connectivity index (χ4n) is 5.73. The van der Waals surface area contributed by atoms with Gasteiger partial charge < -0.3 is 20.1 Å². The maximum atomic E-state index is 13.5. The summed E-state index contributed by atoms with van der Waals surface area (Å²) in [5.74, 6) is -3.59. The zero-order valence-corrected chi connectivity index (χ0v) is 17.8. The molecular weight excluding hydrogens is 420 g/mol. The number of carboxylic acids is 1. The van der Waals surface area contributed by atoms with E-state index in [0.29, 0.717) is 5.02 Å². The molecule has 1 aromatic carbocycles. The summed E-state index contributed by atoms with van der Waals surface area (Å²) in [5.41, 5.74) is -0.425. The fraction of sp³-hybridized carbons (Fsp3) is 0.522. The number of aliphatic carboxylic acids is 1. The molecule has 1 saturated carbocycles. The third-order valence-corrected chi connectivity index (χ3v) is 7.38. The second kappa shape index (κ2) is 7.64. The van der Waals surface area contributed by atoms with Gasteiger partial charge in [-0.15, -0.1) is 0 Å². The highest BCUT2D eigenvalue weighted by atomic mass is 35.5. The second-order valence-corrected chi connectivity index (χ2v) is 9.41. The van der Waals surface area contributed by atoms with Crippen LogP contribution in [-0.4, -0.2) is 51.6 Å². The molecule has 4 aliphatic rings. The third kappa shape index (κ3) is 3.26. The number of carbonyl (C=O) groups is 3. The van der Waals surface area contributed by atoms with Crippen molar-refractivity contribution in [2.75, 3.05) is 0 Å². The van der Waals surface area contributed by atoms with Crippen molar-refractivity contribution in [1.29, 1.82) is 0 Å². The summed E-state index contributed by atoms with van der Waals surface area (Å²) >= 11 is 5.99. The molecule has 1 aliphatic carbocycles. The van der Waals surface area contributed by atoms with Crippen molar-refractivity contribution in [3.05, 3.63) is 47.0 Å². The zero-order valence-electron chi connectivity index (χ0n) is 17.0. The van der Waals surface area contributed by atoms with E-state index < -0.39 is 35.6 Å². The molecular formula is C23H25ClN2O5. The van der Waals surface area contributed by atoms with Gasteiger partial charge in [0, 0.05) is 17.6 Å². The van der Waals surface area contributed by atoms with Crippen LogP contribution in [0.25, 0.3) is 0 Å². The number of nitrogens with one attached hydrogen (secondary N) is 1. The van der Waals surface area contributed by atoms with Gasteiger partial charge in [-0.2, -0.15) is 0 Å². The van der Waals surface area contributed by atoms with E-state index in [1.165, 1.54) is 4.90 Å². The lowest BCUT2D eigenvalue weighted by molar-refractivity contribution is -0.149. The SMILES string of the molecule is O=C(O)C1C2C=CC3(O2)C1C(=O)N(Cc1ccc(Cl)cc1)C3C(=O)NC1CCCCC1. The standard InChI is InChI=1S/C23H25ClN2O5/c24-14-8-6-13(7-9-14)12-26-19(20(27)25-15-4-2-1-3-5-15)23-11-10-16(31-23)17(22(29)30)18(23)21(26)28/h6-11,15-19H,1-5,12H2,(H,25,27)(H,29,30). The number of nitrogens with zero attached hydrogens (tertiary/aromatic N) is 1. The Morgan fingerprint density at radius 1 is 1.19 bits per heavy atom. The van der Waals surface area contributed by atoms with Crippen molar-refractivity contribution in [2.24, 2.45) is 11.8 Å². The Bertz CT molecular complexity index is 942. The van der Waals surface area contributed by atoms with Crippen molar-refractivity contribution in [1.82, 2.24) is 10.2 Å². The van der Waals surface area contributed by atoms with Crippen LogP contribution in [-0.2, 0) is 25.7 Å². The first-order valence-corrected chi connectivity index (χ1v) is 11.2. The van der Waals surface area contributed by atoms with Crippen molar-refractivity contribution in [3.8, 4) is 0 Å². The molecule has 1 spiro atoms. The average Bonchev–Trinajstić information content (AvgIpc) is 3.38. The minimum absolute atomic E-state index is 0.0713. The number of hydrogen-bond acceptors (Lipinski definition) is 4. The van der Waals surface area contributed by atoms with E-state index >= 15 is 0 Å². The van der Waals surface area contributed by atoms with E-state index in [-0.39, 0.29) is 24.4 Å². The Balaban J connectivity index is 1.49. The Morgan fingerprint density at radius 3 is 2.58 bits per heavy atom. The first kappa shape index (κ1) is 20.5.